The maximum Gasteiger partial charge on any atom is 0.269 e. The second kappa shape index (κ2) is 12.3. The van der Waals surface area contributed by atoms with E-state index in [2.05, 4.69) is 31.0 Å². The van der Waals surface area contributed by atoms with Gasteiger partial charge >= 0.3 is 0 Å². The smallest absolute Gasteiger partial charge is 0.269 e. The summed E-state index contributed by atoms with van der Waals surface area (Å²) in [7, 11) is -4.24. The van der Waals surface area contributed by atoms with Gasteiger partial charge in [-0.25, -0.2) is 39.5 Å². The van der Waals surface area contributed by atoms with E-state index in [1.165, 1.54) is 18.2 Å². The number of aromatic nitrogens is 1. The molecule has 7 nitrogen and oxygen atoms in total. The Morgan fingerprint density at radius 2 is 1.65 bits per heavy atom. The third kappa shape index (κ3) is 7.40. The van der Waals surface area contributed by atoms with Crippen LogP contribution in [0.3, 0.4) is 0 Å². The molecular weight excluding hydrogens is 668 g/mol. The average molecular weight is 690 g/mol. The first-order valence-electron chi connectivity index (χ1n) is 12.8. The number of sulfonamides is 1. The van der Waals surface area contributed by atoms with Crippen molar-refractivity contribution in [2.24, 2.45) is 0 Å². The molecule has 15 heteroatoms. The minimum absolute atomic E-state index is 0.0615. The van der Waals surface area contributed by atoms with Crippen LogP contribution in [0.5, 0.6) is 11.5 Å². The number of hydrogen-bond acceptors (Lipinski definition) is 6. The summed E-state index contributed by atoms with van der Waals surface area (Å²) in [6, 6.07) is 8.10. The highest BCUT2D eigenvalue weighted by molar-refractivity contribution is 9.10. The van der Waals surface area contributed by atoms with Crippen molar-refractivity contribution in [1.82, 2.24) is 9.71 Å². The zero-order valence-electron chi connectivity index (χ0n) is 21.8. The first-order valence-corrected chi connectivity index (χ1v) is 15.0. The summed E-state index contributed by atoms with van der Waals surface area (Å²) >= 11 is 3.17. The van der Waals surface area contributed by atoms with Crippen LogP contribution in [0.4, 0.5) is 37.7 Å². The molecule has 1 aliphatic rings. The number of aliphatic hydroxyl groups is 1. The number of hydrogen-bond donors (Lipinski definition) is 3. The van der Waals surface area contributed by atoms with Crippen molar-refractivity contribution in [3.63, 3.8) is 0 Å². The number of rotatable bonds is 11. The Bertz CT molecular complexity index is 1770. The van der Waals surface area contributed by atoms with Crippen molar-refractivity contribution < 1.29 is 44.6 Å². The van der Waals surface area contributed by atoms with Crippen LogP contribution in [-0.2, 0) is 10.0 Å². The first-order chi connectivity index (χ1) is 20.3. The second-order valence-corrected chi connectivity index (χ2v) is 12.5. The Hall–Kier alpha value is -3.40. The van der Waals surface area contributed by atoms with Gasteiger partial charge in [0.1, 0.15) is 33.8 Å². The fraction of sp³-hybridized carbons (Fsp3) is 0.250. The predicted octanol–water partition coefficient (Wildman–Crippen LogP) is 7.42. The molecule has 4 aromatic rings. The molecule has 43 heavy (non-hydrogen) atoms. The number of pyridine rings is 1. The molecule has 0 saturated heterocycles. The zero-order chi connectivity index (χ0) is 31.1. The molecule has 228 valence electrons. The normalized spacial score (nSPS) is 15.1. The molecule has 1 heterocycles. The Labute approximate surface area is 250 Å². The van der Waals surface area contributed by atoms with E-state index in [0.29, 0.717) is 23.4 Å². The highest BCUT2D eigenvalue weighted by atomic mass is 79.9. The van der Waals surface area contributed by atoms with Crippen LogP contribution in [0.1, 0.15) is 30.9 Å². The largest absolute Gasteiger partial charge is 0.457 e. The van der Waals surface area contributed by atoms with Crippen molar-refractivity contribution in [2.45, 2.75) is 48.9 Å². The first kappa shape index (κ1) is 31.0. The van der Waals surface area contributed by atoms with Crippen LogP contribution < -0.4 is 14.8 Å². The van der Waals surface area contributed by atoms with Gasteiger partial charge in [-0.2, -0.15) is 0 Å². The molecule has 1 fully saturated rings. The number of nitrogens with zero attached hydrogens (tertiary/aromatic N) is 1. The molecule has 0 radical (unpaired) electrons. The summed E-state index contributed by atoms with van der Waals surface area (Å²) in [5, 5.41) is 13.2. The van der Waals surface area contributed by atoms with Gasteiger partial charge in [0.25, 0.3) is 6.43 Å². The number of fused-ring (bicyclic) bond motifs is 1. The highest BCUT2D eigenvalue weighted by Crippen LogP contribution is 2.39. The van der Waals surface area contributed by atoms with E-state index in [1.807, 2.05) is 0 Å². The maximum absolute atomic E-state index is 15.3. The van der Waals surface area contributed by atoms with Gasteiger partial charge in [-0.3, -0.25) is 4.98 Å². The van der Waals surface area contributed by atoms with Gasteiger partial charge in [-0.15, -0.1) is 0 Å². The lowest BCUT2D eigenvalue weighted by Gasteiger charge is -2.19. The lowest BCUT2D eigenvalue weighted by atomic mass is 10.0. The lowest BCUT2D eigenvalue weighted by Crippen LogP contribution is -2.26. The standard InChI is InChI=1S/C28H22BrF6N3O4S/c29-14-5-21(32)26-23(6-14)36-12-25(43(40,41)38-17-1-2-17)27(26)37-18-3-13(24(39)11-22(33)28(34)35)4-19(10-18)42-20-8-15(30)7-16(31)9-20/h3-10,12,17,22,24,28,38-39H,1-2,11H2,(H,36,37). The number of benzene rings is 3. The zero-order valence-corrected chi connectivity index (χ0v) is 24.2. The van der Waals surface area contributed by atoms with Gasteiger partial charge in [0.2, 0.25) is 10.0 Å². The van der Waals surface area contributed by atoms with E-state index in [4.69, 9.17) is 4.74 Å². The molecule has 0 amide bonds. The summed E-state index contributed by atoms with van der Waals surface area (Å²) in [4.78, 5) is 3.69. The summed E-state index contributed by atoms with van der Waals surface area (Å²) < 4.78 is 117. The van der Waals surface area contributed by atoms with Crippen LogP contribution in [0.2, 0.25) is 0 Å². The Balaban J connectivity index is 1.64. The van der Waals surface area contributed by atoms with Crippen LogP contribution in [0.15, 0.2) is 64.1 Å². The van der Waals surface area contributed by atoms with E-state index in [-0.39, 0.29) is 45.4 Å². The molecule has 0 bridgehead atoms. The third-order valence-corrected chi connectivity index (χ3v) is 8.41. The average Bonchev–Trinajstić information content (AvgIpc) is 3.70. The minimum Gasteiger partial charge on any atom is -0.457 e. The van der Waals surface area contributed by atoms with Gasteiger partial charge in [0.15, 0.2) is 6.17 Å². The highest BCUT2D eigenvalue weighted by Gasteiger charge is 2.31. The van der Waals surface area contributed by atoms with Crippen LogP contribution in [0.25, 0.3) is 10.9 Å². The van der Waals surface area contributed by atoms with Crippen molar-refractivity contribution in [3.05, 3.63) is 82.2 Å². The summed E-state index contributed by atoms with van der Waals surface area (Å²) in [5.74, 6) is -3.29. The maximum atomic E-state index is 15.3. The molecule has 1 aromatic heterocycles. The van der Waals surface area contributed by atoms with E-state index in [9.17, 15) is 35.5 Å². The molecule has 0 spiro atoms. The number of aliphatic hydroxyl groups excluding tert-OH is 1. The van der Waals surface area contributed by atoms with Gasteiger partial charge in [0.05, 0.1) is 22.7 Å². The second-order valence-electron chi connectivity index (χ2n) is 9.90. The number of ether oxygens (including phenoxy) is 1. The molecule has 5 rings (SSSR count). The van der Waals surface area contributed by atoms with Crippen LogP contribution in [0, 0.1) is 17.5 Å². The quantitative estimate of drug-likeness (QED) is 0.142. The molecule has 1 saturated carbocycles. The summed E-state index contributed by atoms with van der Waals surface area (Å²) in [6.45, 7) is 0. The van der Waals surface area contributed by atoms with Crippen molar-refractivity contribution >= 4 is 48.2 Å². The van der Waals surface area contributed by atoms with Gasteiger partial charge < -0.3 is 15.2 Å². The summed E-state index contributed by atoms with van der Waals surface area (Å²) in [5.41, 5.74) is -0.413. The van der Waals surface area contributed by atoms with Gasteiger partial charge in [0, 0.05) is 53.1 Å². The van der Waals surface area contributed by atoms with Crippen LogP contribution in [-0.4, -0.2) is 37.1 Å². The molecule has 2 atom stereocenters. The number of halogens is 7. The van der Waals surface area contributed by atoms with E-state index in [0.717, 1.165) is 30.5 Å². The number of nitrogens with one attached hydrogen (secondary N) is 2. The van der Waals surface area contributed by atoms with Crippen molar-refractivity contribution in [3.8, 4) is 11.5 Å². The fourth-order valence-electron chi connectivity index (χ4n) is 4.30. The van der Waals surface area contributed by atoms with Gasteiger partial charge in [-0.05, 0) is 42.7 Å². The summed E-state index contributed by atoms with van der Waals surface area (Å²) in [6.07, 6.45) is -6.63. The van der Waals surface area contributed by atoms with Gasteiger partial charge in [-0.1, -0.05) is 15.9 Å². The predicted molar refractivity (Wildman–Crippen MR) is 149 cm³/mol. The SMILES string of the molecule is O=S(=O)(NC1CC1)c1cnc2cc(Br)cc(F)c2c1Nc1cc(Oc2cc(F)cc(F)c2)cc(C(O)CC(F)C(F)F)c1. The molecule has 2 unspecified atom stereocenters. The molecule has 3 N–H and O–H groups in total. The number of alkyl halides is 3. The third-order valence-electron chi connectivity index (χ3n) is 6.42. The topological polar surface area (TPSA) is 101 Å². The van der Waals surface area contributed by atoms with Crippen molar-refractivity contribution in [1.29, 1.82) is 0 Å². The molecule has 1 aliphatic carbocycles. The Kier molecular flexibility index (Phi) is 8.88. The number of anilines is 2. The fourth-order valence-corrected chi connectivity index (χ4v) is 6.14. The van der Waals surface area contributed by atoms with E-state index in [1.54, 1.807) is 0 Å². The Morgan fingerprint density at radius 3 is 2.30 bits per heavy atom. The van der Waals surface area contributed by atoms with Crippen molar-refractivity contribution in [2.75, 3.05) is 5.32 Å². The van der Waals surface area contributed by atoms with E-state index >= 15 is 4.39 Å². The Morgan fingerprint density at radius 1 is 0.977 bits per heavy atom. The molecular formula is C28H22BrF6N3O4S. The monoisotopic (exact) mass is 689 g/mol. The lowest BCUT2D eigenvalue weighted by molar-refractivity contribution is 0.0162. The van der Waals surface area contributed by atoms with E-state index < -0.39 is 57.5 Å². The minimum atomic E-state index is -4.24. The molecule has 3 aromatic carbocycles. The molecule has 0 aliphatic heterocycles. The van der Waals surface area contributed by atoms with Crippen LogP contribution >= 0.6 is 15.9 Å².